The van der Waals surface area contributed by atoms with Gasteiger partial charge in [0.15, 0.2) is 0 Å². The number of nitrogens with one attached hydrogen (secondary N) is 1. The Morgan fingerprint density at radius 1 is 1.10 bits per heavy atom. The molecule has 1 N–H and O–H groups in total. The number of benzene rings is 1. The van der Waals surface area contributed by atoms with E-state index in [9.17, 15) is 9.59 Å². The molecule has 1 amide bonds. The van der Waals surface area contributed by atoms with Gasteiger partial charge < -0.3 is 10.2 Å². The van der Waals surface area contributed by atoms with Crippen LogP contribution >= 0.6 is 11.3 Å². The fourth-order valence-electron chi connectivity index (χ4n) is 3.98. The van der Waals surface area contributed by atoms with Crippen LogP contribution in [0.25, 0.3) is 15.9 Å². The summed E-state index contributed by atoms with van der Waals surface area (Å²) in [6.07, 6.45) is 4.05. The molecule has 3 aromatic rings. The van der Waals surface area contributed by atoms with E-state index < -0.39 is 0 Å². The first-order chi connectivity index (χ1) is 14.2. The van der Waals surface area contributed by atoms with E-state index in [0.717, 1.165) is 43.7 Å². The second-order valence-electron chi connectivity index (χ2n) is 7.97. The average Bonchev–Trinajstić information content (AvgIpc) is 3.47. The molecule has 150 valence electrons. The third kappa shape index (κ3) is 3.67. The number of rotatable bonds is 5. The van der Waals surface area contributed by atoms with Gasteiger partial charge in [0.05, 0.1) is 11.2 Å². The van der Waals surface area contributed by atoms with E-state index in [2.05, 4.69) is 10.2 Å². The Morgan fingerprint density at radius 3 is 2.59 bits per heavy atom. The van der Waals surface area contributed by atoms with E-state index in [1.165, 1.54) is 24.2 Å². The summed E-state index contributed by atoms with van der Waals surface area (Å²) in [6, 6.07) is 11.6. The Balaban J connectivity index is 1.41. The van der Waals surface area contributed by atoms with E-state index in [1.807, 2.05) is 41.8 Å². The van der Waals surface area contributed by atoms with Crippen LogP contribution in [-0.2, 0) is 4.79 Å². The summed E-state index contributed by atoms with van der Waals surface area (Å²) in [5.41, 5.74) is 1.53. The number of fused-ring (bicyclic) bond motifs is 1. The molecule has 3 heterocycles. The van der Waals surface area contributed by atoms with Crippen molar-refractivity contribution in [2.75, 3.05) is 24.5 Å². The van der Waals surface area contributed by atoms with E-state index in [0.29, 0.717) is 16.6 Å². The van der Waals surface area contributed by atoms with Crippen molar-refractivity contribution < 1.29 is 4.79 Å². The van der Waals surface area contributed by atoms with Crippen molar-refractivity contribution in [3.63, 3.8) is 0 Å². The first kappa shape index (κ1) is 18.4. The maximum atomic E-state index is 13.2. The van der Waals surface area contributed by atoms with E-state index in [4.69, 9.17) is 4.98 Å². The van der Waals surface area contributed by atoms with Crippen LogP contribution in [0.4, 0.5) is 5.95 Å². The summed E-state index contributed by atoms with van der Waals surface area (Å²) in [5.74, 6) is 1.59. The van der Waals surface area contributed by atoms with Crippen molar-refractivity contribution in [2.24, 2.45) is 11.8 Å². The number of hydrogen-bond acceptors (Lipinski definition) is 5. The number of amides is 1. The fourth-order valence-corrected chi connectivity index (χ4v) is 4.74. The predicted molar refractivity (Wildman–Crippen MR) is 116 cm³/mol. The molecule has 5 rings (SSSR count). The second kappa shape index (κ2) is 7.63. The zero-order chi connectivity index (χ0) is 19.8. The zero-order valence-electron chi connectivity index (χ0n) is 16.2. The molecule has 2 fully saturated rings. The number of carbonyl (C=O) groups excluding carboxylic acids is 1. The molecule has 0 unspecified atom stereocenters. The molecule has 1 saturated carbocycles. The third-order valence-corrected chi connectivity index (χ3v) is 6.78. The Kier molecular flexibility index (Phi) is 4.83. The monoisotopic (exact) mass is 408 g/mol. The normalized spacial score (nSPS) is 17.6. The number of anilines is 1. The van der Waals surface area contributed by atoms with Gasteiger partial charge >= 0.3 is 0 Å². The first-order valence-corrected chi connectivity index (χ1v) is 11.2. The highest BCUT2D eigenvalue weighted by atomic mass is 32.1. The molecule has 6 nitrogen and oxygen atoms in total. The maximum Gasteiger partial charge on any atom is 0.277 e. The molecule has 1 aromatic carbocycles. The van der Waals surface area contributed by atoms with Gasteiger partial charge in [0.25, 0.3) is 5.56 Å². The molecule has 0 bridgehead atoms. The van der Waals surface area contributed by atoms with Gasteiger partial charge in [0, 0.05) is 25.6 Å². The number of carbonyl (C=O) groups is 1. The van der Waals surface area contributed by atoms with Crippen molar-refractivity contribution in [1.82, 2.24) is 14.9 Å². The van der Waals surface area contributed by atoms with Crippen molar-refractivity contribution in [3.05, 3.63) is 52.1 Å². The van der Waals surface area contributed by atoms with E-state index >= 15 is 0 Å². The van der Waals surface area contributed by atoms with Gasteiger partial charge in [-0.3, -0.25) is 9.59 Å². The highest BCUT2D eigenvalue weighted by Gasteiger charge is 2.29. The van der Waals surface area contributed by atoms with Crippen LogP contribution in [0.1, 0.15) is 25.7 Å². The van der Waals surface area contributed by atoms with Crippen LogP contribution in [0, 0.1) is 11.8 Å². The quantitative estimate of drug-likeness (QED) is 0.704. The molecule has 2 aromatic heterocycles. The lowest BCUT2D eigenvalue weighted by Gasteiger charge is -2.33. The lowest BCUT2D eigenvalue weighted by Crippen LogP contribution is -2.43. The minimum atomic E-state index is -0.0319. The van der Waals surface area contributed by atoms with Crippen LogP contribution in [0.15, 0.2) is 46.6 Å². The molecule has 1 saturated heterocycles. The Morgan fingerprint density at radius 2 is 1.86 bits per heavy atom. The van der Waals surface area contributed by atoms with Crippen molar-refractivity contribution in [3.8, 4) is 5.69 Å². The van der Waals surface area contributed by atoms with Crippen molar-refractivity contribution in [2.45, 2.75) is 25.7 Å². The summed E-state index contributed by atoms with van der Waals surface area (Å²) in [4.78, 5) is 32.7. The summed E-state index contributed by atoms with van der Waals surface area (Å²) in [5, 5.41) is 5.02. The largest absolute Gasteiger partial charge is 0.356 e. The van der Waals surface area contributed by atoms with Gasteiger partial charge in [0.1, 0.15) is 4.70 Å². The Labute approximate surface area is 173 Å². The Bertz CT molecular complexity index is 1080. The topological polar surface area (TPSA) is 67.2 Å². The highest BCUT2D eigenvalue weighted by Crippen LogP contribution is 2.29. The van der Waals surface area contributed by atoms with Gasteiger partial charge in [-0.2, -0.15) is 0 Å². The minimum Gasteiger partial charge on any atom is -0.356 e. The number of thiophene rings is 1. The number of piperidine rings is 1. The number of aromatic nitrogens is 2. The second-order valence-corrected chi connectivity index (χ2v) is 8.89. The number of nitrogens with zero attached hydrogens (tertiary/aromatic N) is 3. The number of para-hydroxylation sites is 1. The molecule has 0 spiro atoms. The lowest BCUT2D eigenvalue weighted by molar-refractivity contribution is -0.125. The summed E-state index contributed by atoms with van der Waals surface area (Å²) in [6.45, 7) is 2.26. The molecule has 0 radical (unpaired) electrons. The predicted octanol–water partition coefficient (Wildman–Crippen LogP) is 3.19. The molecular weight excluding hydrogens is 384 g/mol. The van der Waals surface area contributed by atoms with E-state index in [1.54, 1.807) is 4.57 Å². The van der Waals surface area contributed by atoms with Crippen LogP contribution in [-0.4, -0.2) is 35.1 Å². The van der Waals surface area contributed by atoms with Gasteiger partial charge in [-0.25, -0.2) is 9.55 Å². The maximum absolute atomic E-state index is 13.2. The molecule has 29 heavy (non-hydrogen) atoms. The van der Waals surface area contributed by atoms with Gasteiger partial charge in [-0.05, 0) is 55.2 Å². The molecular formula is C22H24N4O2S. The lowest BCUT2D eigenvalue weighted by atomic mass is 9.96. The smallest absolute Gasteiger partial charge is 0.277 e. The van der Waals surface area contributed by atoms with Gasteiger partial charge in [0.2, 0.25) is 11.9 Å². The Hall–Kier alpha value is -2.67. The van der Waals surface area contributed by atoms with Gasteiger partial charge in [-0.15, -0.1) is 11.3 Å². The zero-order valence-corrected chi connectivity index (χ0v) is 17.0. The van der Waals surface area contributed by atoms with E-state index in [-0.39, 0.29) is 17.4 Å². The summed E-state index contributed by atoms with van der Waals surface area (Å²) >= 11 is 1.43. The average molecular weight is 409 g/mol. The van der Waals surface area contributed by atoms with Crippen LogP contribution < -0.4 is 15.8 Å². The van der Waals surface area contributed by atoms with Crippen LogP contribution in [0.5, 0.6) is 0 Å². The first-order valence-electron chi connectivity index (χ1n) is 10.3. The molecule has 0 atom stereocenters. The fraction of sp³-hybridized carbons (Fsp3) is 0.409. The summed E-state index contributed by atoms with van der Waals surface area (Å²) < 4.78 is 2.39. The minimum absolute atomic E-state index is 0.0319. The van der Waals surface area contributed by atoms with Gasteiger partial charge in [-0.1, -0.05) is 18.2 Å². The standard InChI is InChI=1S/C22H24N4O2S/c27-20(23-14-15-6-7-15)16-8-11-25(12-9-16)22-24-18-10-13-29-19(18)21(28)26(22)17-4-2-1-3-5-17/h1-5,10,13,15-16H,6-9,11-12,14H2,(H,23,27). The van der Waals surface area contributed by atoms with Crippen LogP contribution in [0.3, 0.4) is 0 Å². The van der Waals surface area contributed by atoms with Crippen molar-refractivity contribution in [1.29, 1.82) is 0 Å². The molecule has 2 aliphatic rings. The summed E-state index contributed by atoms with van der Waals surface area (Å²) in [7, 11) is 0. The molecule has 1 aliphatic carbocycles. The third-order valence-electron chi connectivity index (χ3n) is 5.89. The van der Waals surface area contributed by atoms with Crippen LogP contribution in [0.2, 0.25) is 0 Å². The molecule has 7 heteroatoms. The molecule has 1 aliphatic heterocycles. The van der Waals surface area contributed by atoms with Crippen molar-refractivity contribution >= 4 is 33.4 Å². The highest BCUT2D eigenvalue weighted by molar-refractivity contribution is 7.17. The SMILES string of the molecule is O=C(NCC1CC1)C1CCN(c2nc3ccsc3c(=O)n2-c2ccccc2)CC1. The number of hydrogen-bond donors (Lipinski definition) is 1.